The molecule has 1 N–H and O–H groups in total. The third kappa shape index (κ3) is 1.24. The quantitative estimate of drug-likeness (QED) is 0.674. The molecule has 74 valence electrons. The van der Waals surface area contributed by atoms with Crippen molar-refractivity contribution in [2.75, 3.05) is 6.54 Å². The minimum Gasteiger partial charge on any atom is -0.392 e. The molecule has 2 aliphatic rings. The summed E-state index contributed by atoms with van der Waals surface area (Å²) in [6.45, 7) is 0.764. The van der Waals surface area contributed by atoms with Gasteiger partial charge in [-0.15, -0.1) is 0 Å². The smallest absolute Gasteiger partial charge is 0.0713 e. The number of dihydropyridines is 1. The van der Waals surface area contributed by atoms with E-state index >= 15 is 0 Å². The van der Waals surface area contributed by atoms with Crippen LogP contribution in [0, 0.1) is 0 Å². The number of rotatable bonds is 1. The van der Waals surface area contributed by atoms with Crippen molar-refractivity contribution in [3.8, 4) is 0 Å². The third-order valence-electron chi connectivity index (χ3n) is 2.71. The maximum absolute atomic E-state index is 9.08. The highest BCUT2D eigenvalue weighted by Crippen LogP contribution is 2.16. The van der Waals surface area contributed by atoms with Crippen molar-refractivity contribution in [2.24, 2.45) is 9.98 Å². The second-order valence-corrected chi connectivity index (χ2v) is 3.64. The number of allylic oxidation sites excluding steroid dienone is 1. The zero-order valence-corrected chi connectivity index (χ0v) is 8.14. The molecule has 0 amide bonds. The molecule has 0 bridgehead atoms. The molecule has 0 atom stereocenters. The highest BCUT2D eigenvalue weighted by atomic mass is 16.3. The van der Waals surface area contributed by atoms with E-state index in [1.54, 1.807) is 6.21 Å². The zero-order valence-electron chi connectivity index (χ0n) is 8.14. The maximum atomic E-state index is 9.08. The molecular formula is C12H10N2O. The summed E-state index contributed by atoms with van der Waals surface area (Å²) in [5.41, 5.74) is 3.10. The molecule has 3 nitrogen and oxygen atoms in total. The van der Waals surface area contributed by atoms with E-state index in [2.05, 4.69) is 9.98 Å². The Morgan fingerprint density at radius 1 is 1.33 bits per heavy atom. The van der Waals surface area contributed by atoms with E-state index in [1.165, 1.54) is 5.57 Å². The first-order valence-corrected chi connectivity index (χ1v) is 4.91. The van der Waals surface area contributed by atoms with E-state index in [0.717, 1.165) is 21.8 Å². The van der Waals surface area contributed by atoms with Crippen LogP contribution in [0.1, 0.15) is 5.56 Å². The van der Waals surface area contributed by atoms with E-state index in [0.29, 0.717) is 6.54 Å². The van der Waals surface area contributed by atoms with Crippen molar-refractivity contribution >= 4 is 11.8 Å². The van der Waals surface area contributed by atoms with E-state index in [9.17, 15) is 0 Å². The number of nitrogens with zero attached hydrogens (tertiary/aromatic N) is 2. The fourth-order valence-electron chi connectivity index (χ4n) is 1.93. The summed E-state index contributed by atoms with van der Waals surface area (Å²) in [5.74, 6) is 0. The predicted octanol–water partition coefficient (Wildman–Crippen LogP) is -0.0689. The summed E-state index contributed by atoms with van der Waals surface area (Å²) >= 11 is 0. The minimum atomic E-state index is 0.0723. The Balaban J connectivity index is 2.34. The minimum absolute atomic E-state index is 0.0723. The third-order valence-corrected chi connectivity index (χ3v) is 2.71. The Morgan fingerprint density at radius 3 is 3.13 bits per heavy atom. The summed E-state index contributed by atoms with van der Waals surface area (Å²) in [6, 6.07) is 5.85. The molecule has 0 fully saturated rings. The number of aliphatic imine (C=N–C) groups is 1. The van der Waals surface area contributed by atoms with Gasteiger partial charge in [0, 0.05) is 17.0 Å². The van der Waals surface area contributed by atoms with E-state index in [-0.39, 0.29) is 6.61 Å². The van der Waals surface area contributed by atoms with Gasteiger partial charge in [-0.05, 0) is 23.8 Å². The van der Waals surface area contributed by atoms with Crippen molar-refractivity contribution in [1.29, 1.82) is 0 Å². The topological polar surface area (TPSA) is 45.0 Å². The number of aliphatic hydroxyl groups is 1. The molecule has 2 aliphatic heterocycles. The van der Waals surface area contributed by atoms with Crippen LogP contribution in [0.15, 0.2) is 40.0 Å². The number of fused-ring (bicyclic) bond motifs is 2. The lowest BCUT2D eigenvalue weighted by atomic mass is 10.1. The van der Waals surface area contributed by atoms with Gasteiger partial charge in [-0.25, -0.2) is 4.99 Å². The van der Waals surface area contributed by atoms with Gasteiger partial charge in [-0.3, -0.25) is 4.99 Å². The Labute approximate surface area is 86.8 Å². The van der Waals surface area contributed by atoms with E-state index in [1.807, 2.05) is 24.3 Å². The summed E-state index contributed by atoms with van der Waals surface area (Å²) in [5, 5.41) is 11.2. The lowest BCUT2D eigenvalue weighted by Crippen LogP contribution is -2.24. The van der Waals surface area contributed by atoms with Crippen molar-refractivity contribution in [3.63, 3.8) is 0 Å². The van der Waals surface area contributed by atoms with E-state index < -0.39 is 0 Å². The number of benzene rings is 1. The first kappa shape index (κ1) is 8.56. The van der Waals surface area contributed by atoms with Crippen LogP contribution < -0.4 is 10.6 Å². The molecule has 3 rings (SSSR count). The normalized spacial score (nSPS) is 16.9. The molecule has 2 heterocycles. The number of hydrogen-bond donors (Lipinski definition) is 1. The summed E-state index contributed by atoms with van der Waals surface area (Å²) < 4.78 is 0. The standard InChI is InChI=1S/C12H10N2O/c15-7-8-1-2-11-9(5-8)10-6-13-4-3-12(10)14-11/h1-5,15H,6-7H2. The molecule has 1 aromatic rings. The van der Waals surface area contributed by atoms with Gasteiger partial charge in [0.2, 0.25) is 0 Å². The van der Waals surface area contributed by atoms with Gasteiger partial charge < -0.3 is 5.11 Å². The molecular weight excluding hydrogens is 188 g/mol. The van der Waals surface area contributed by atoms with Gasteiger partial charge >= 0.3 is 0 Å². The van der Waals surface area contributed by atoms with Crippen molar-refractivity contribution in [3.05, 3.63) is 46.1 Å². The monoisotopic (exact) mass is 198 g/mol. The summed E-state index contributed by atoms with van der Waals surface area (Å²) in [6.07, 6.45) is 3.72. The van der Waals surface area contributed by atoms with Gasteiger partial charge in [0.05, 0.1) is 24.2 Å². The molecule has 0 spiro atoms. The Hall–Kier alpha value is -1.74. The van der Waals surface area contributed by atoms with Gasteiger partial charge in [0.15, 0.2) is 0 Å². The largest absolute Gasteiger partial charge is 0.392 e. The number of hydrogen-bond acceptors (Lipinski definition) is 3. The molecule has 3 heteroatoms. The van der Waals surface area contributed by atoms with Crippen molar-refractivity contribution in [1.82, 2.24) is 0 Å². The van der Waals surface area contributed by atoms with E-state index in [4.69, 9.17) is 5.11 Å². The highest BCUT2D eigenvalue weighted by molar-refractivity contribution is 5.84. The molecule has 0 aliphatic carbocycles. The SMILES string of the molecule is OCc1ccc2c(c1)=C1CN=CC=C1N=2. The van der Waals surface area contributed by atoms with Crippen LogP contribution in [0.5, 0.6) is 0 Å². The fraction of sp³-hybridized carbons (Fsp3) is 0.167. The lowest BCUT2D eigenvalue weighted by molar-refractivity contribution is 0.281. The van der Waals surface area contributed by atoms with Crippen LogP contribution >= 0.6 is 0 Å². The van der Waals surface area contributed by atoms with Crippen LogP contribution in [-0.2, 0) is 6.61 Å². The average molecular weight is 198 g/mol. The molecule has 0 saturated heterocycles. The van der Waals surface area contributed by atoms with Crippen LogP contribution in [0.2, 0.25) is 0 Å². The van der Waals surface area contributed by atoms with Gasteiger partial charge in [-0.2, -0.15) is 0 Å². The first-order valence-electron chi connectivity index (χ1n) is 4.91. The molecule has 1 aromatic carbocycles. The van der Waals surface area contributed by atoms with Crippen LogP contribution in [0.3, 0.4) is 0 Å². The van der Waals surface area contributed by atoms with Crippen molar-refractivity contribution < 1.29 is 5.11 Å². The second kappa shape index (κ2) is 3.14. The van der Waals surface area contributed by atoms with Gasteiger partial charge in [-0.1, -0.05) is 6.07 Å². The highest BCUT2D eigenvalue weighted by Gasteiger charge is 2.13. The van der Waals surface area contributed by atoms with Gasteiger partial charge in [0.1, 0.15) is 0 Å². The Bertz CT molecular complexity index is 597. The molecule has 0 radical (unpaired) electrons. The lowest BCUT2D eigenvalue weighted by Gasteiger charge is -2.03. The fourth-order valence-corrected chi connectivity index (χ4v) is 1.93. The molecule has 0 saturated carbocycles. The zero-order chi connectivity index (χ0) is 10.3. The van der Waals surface area contributed by atoms with Crippen LogP contribution in [-0.4, -0.2) is 17.9 Å². The summed E-state index contributed by atoms with van der Waals surface area (Å²) in [4.78, 5) is 8.71. The first-order chi connectivity index (χ1) is 7.38. The average Bonchev–Trinajstić information content (AvgIpc) is 2.66. The maximum Gasteiger partial charge on any atom is 0.0713 e. The predicted molar refractivity (Wildman–Crippen MR) is 58.0 cm³/mol. The Morgan fingerprint density at radius 2 is 2.27 bits per heavy atom. The van der Waals surface area contributed by atoms with Crippen LogP contribution in [0.4, 0.5) is 0 Å². The second-order valence-electron chi connectivity index (χ2n) is 3.64. The molecule has 15 heavy (non-hydrogen) atoms. The Kier molecular flexibility index (Phi) is 1.79. The number of aliphatic hydroxyl groups excluding tert-OH is 1. The van der Waals surface area contributed by atoms with Crippen LogP contribution in [0.25, 0.3) is 5.57 Å². The van der Waals surface area contributed by atoms with Gasteiger partial charge in [0.25, 0.3) is 0 Å². The molecule has 0 aromatic heterocycles. The van der Waals surface area contributed by atoms with Crippen molar-refractivity contribution in [2.45, 2.75) is 6.61 Å². The molecule has 0 unspecified atom stereocenters. The summed E-state index contributed by atoms with van der Waals surface area (Å²) in [7, 11) is 0.